The van der Waals surface area contributed by atoms with Gasteiger partial charge in [-0.05, 0) is 19.9 Å². The Kier molecular flexibility index (Phi) is 10.8. The Labute approximate surface area is 77.4 Å². The van der Waals surface area contributed by atoms with Gasteiger partial charge in [0.15, 0.2) is 0 Å². The van der Waals surface area contributed by atoms with Crippen molar-refractivity contribution in [1.82, 2.24) is 5.32 Å². The standard InChI is InChI=1S/C6H13NO.2C2H6/c1-7-4-6(5-8)2-3-6;2*1-2/h7-8H,2-5H2,1H3;2*1-2H3. The summed E-state index contributed by atoms with van der Waals surface area (Å²) in [7, 11) is 1.93. The third kappa shape index (κ3) is 5.56. The summed E-state index contributed by atoms with van der Waals surface area (Å²) in [5, 5.41) is 11.8. The third-order valence-electron chi connectivity index (χ3n) is 1.84. The Morgan fingerprint density at radius 1 is 1.17 bits per heavy atom. The first-order valence-corrected chi connectivity index (χ1v) is 5.08. The van der Waals surface area contributed by atoms with E-state index in [1.165, 1.54) is 12.8 Å². The van der Waals surface area contributed by atoms with Crippen LogP contribution >= 0.6 is 0 Å². The van der Waals surface area contributed by atoms with Crippen LogP contribution in [-0.2, 0) is 0 Å². The molecule has 1 aliphatic rings. The van der Waals surface area contributed by atoms with Crippen LogP contribution in [0.15, 0.2) is 0 Å². The smallest absolute Gasteiger partial charge is 0.0499 e. The minimum Gasteiger partial charge on any atom is -0.396 e. The van der Waals surface area contributed by atoms with Gasteiger partial charge in [0.1, 0.15) is 0 Å². The van der Waals surface area contributed by atoms with Gasteiger partial charge in [-0.15, -0.1) is 0 Å². The Hall–Kier alpha value is -0.0800. The van der Waals surface area contributed by atoms with E-state index >= 15 is 0 Å². The fourth-order valence-electron chi connectivity index (χ4n) is 0.943. The van der Waals surface area contributed by atoms with E-state index in [4.69, 9.17) is 5.11 Å². The van der Waals surface area contributed by atoms with E-state index in [0.29, 0.717) is 6.61 Å². The zero-order valence-electron chi connectivity index (χ0n) is 9.28. The van der Waals surface area contributed by atoms with Gasteiger partial charge in [0, 0.05) is 18.6 Å². The predicted octanol–water partition coefficient (Wildman–Crippen LogP) is 2.03. The molecule has 76 valence electrons. The summed E-state index contributed by atoms with van der Waals surface area (Å²) in [6, 6.07) is 0. The third-order valence-corrected chi connectivity index (χ3v) is 1.84. The lowest BCUT2D eigenvalue weighted by atomic mass is 10.1. The van der Waals surface area contributed by atoms with Crippen LogP contribution in [0.4, 0.5) is 0 Å². The molecule has 0 heterocycles. The predicted molar refractivity (Wildman–Crippen MR) is 55.4 cm³/mol. The molecule has 0 bridgehead atoms. The molecule has 1 fully saturated rings. The summed E-state index contributed by atoms with van der Waals surface area (Å²) in [6.45, 7) is 9.33. The van der Waals surface area contributed by atoms with Crippen molar-refractivity contribution in [3.8, 4) is 0 Å². The van der Waals surface area contributed by atoms with Crippen molar-refractivity contribution in [2.24, 2.45) is 5.41 Å². The highest BCUT2D eigenvalue weighted by Gasteiger charge is 2.40. The molecule has 0 atom stereocenters. The fraction of sp³-hybridized carbons (Fsp3) is 1.00. The number of hydrogen-bond donors (Lipinski definition) is 2. The lowest BCUT2D eigenvalue weighted by molar-refractivity contribution is 0.210. The van der Waals surface area contributed by atoms with Crippen LogP contribution in [0.1, 0.15) is 40.5 Å². The average Bonchev–Trinajstić information content (AvgIpc) is 2.93. The maximum atomic E-state index is 8.75. The molecular weight excluding hydrogens is 150 g/mol. The van der Waals surface area contributed by atoms with Crippen LogP contribution in [-0.4, -0.2) is 25.3 Å². The molecular formula is C10H25NO. The first-order valence-electron chi connectivity index (χ1n) is 5.08. The molecule has 0 spiro atoms. The summed E-state index contributed by atoms with van der Waals surface area (Å²) in [4.78, 5) is 0. The SMILES string of the molecule is CC.CC.CNCC1(CO)CC1. The van der Waals surface area contributed by atoms with E-state index in [2.05, 4.69) is 5.32 Å². The number of nitrogens with one attached hydrogen (secondary N) is 1. The van der Waals surface area contributed by atoms with Crippen molar-refractivity contribution in [2.75, 3.05) is 20.2 Å². The van der Waals surface area contributed by atoms with Gasteiger partial charge in [0.25, 0.3) is 0 Å². The van der Waals surface area contributed by atoms with E-state index in [-0.39, 0.29) is 5.41 Å². The molecule has 0 aliphatic heterocycles. The summed E-state index contributed by atoms with van der Waals surface area (Å²) >= 11 is 0. The second-order valence-electron chi connectivity index (χ2n) is 2.69. The molecule has 1 rings (SSSR count). The van der Waals surface area contributed by atoms with E-state index in [1.54, 1.807) is 0 Å². The molecule has 0 aromatic heterocycles. The molecule has 0 saturated heterocycles. The molecule has 0 radical (unpaired) electrons. The molecule has 12 heavy (non-hydrogen) atoms. The minimum absolute atomic E-state index is 0.286. The van der Waals surface area contributed by atoms with Crippen molar-refractivity contribution < 1.29 is 5.11 Å². The minimum atomic E-state index is 0.286. The summed E-state index contributed by atoms with van der Waals surface area (Å²) in [5.74, 6) is 0. The fourth-order valence-corrected chi connectivity index (χ4v) is 0.943. The Morgan fingerprint density at radius 2 is 1.58 bits per heavy atom. The van der Waals surface area contributed by atoms with Gasteiger partial charge in [-0.2, -0.15) is 0 Å². The quantitative estimate of drug-likeness (QED) is 0.688. The molecule has 1 aliphatic carbocycles. The second kappa shape index (κ2) is 9.01. The van der Waals surface area contributed by atoms with Gasteiger partial charge in [-0.1, -0.05) is 27.7 Å². The molecule has 0 amide bonds. The van der Waals surface area contributed by atoms with Crippen LogP contribution in [0.3, 0.4) is 0 Å². The largest absolute Gasteiger partial charge is 0.396 e. The van der Waals surface area contributed by atoms with E-state index < -0.39 is 0 Å². The Morgan fingerprint density at radius 3 is 1.67 bits per heavy atom. The lowest BCUT2D eigenvalue weighted by Gasteiger charge is -2.08. The average molecular weight is 175 g/mol. The second-order valence-corrected chi connectivity index (χ2v) is 2.69. The molecule has 0 aromatic carbocycles. The number of aliphatic hydroxyl groups is 1. The molecule has 1 saturated carbocycles. The van der Waals surface area contributed by atoms with Gasteiger partial charge < -0.3 is 10.4 Å². The van der Waals surface area contributed by atoms with Crippen LogP contribution in [0.2, 0.25) is 0 Å². The first kappa shape index (κ1) is 14.4. The summed E-state index contributed by atoms with van der Waals surface area (Å²) < 4.78 is 0. The maximum Gasteiger partial charge on any atom is 0.0499 e. The maximum absolute atomic E-state index is 8.75. The van der Waals surface area contributed by atoms with Crippen LogP contribution in [0, 0.1) is 5.41 Å². The lowest BCUT2D eigenvalue weighted by Crippen LogP contribution is -2.22. The zero-order chi connectivity index (χ0) is 10.0. The molecule has 2 heteroatoms. The van der Waals surface area contributed by atoms with Gasteiger partial charge in [0.05, 0.1) is 0 Å². The van der Waals surface area contributed by atoms with E-state index in [9.17, 15) is 0 Å². The van der Waals surface area contributed by atoms with Gasteiger partial charge in [-0.3, -0.25) is 0 Å². The van der Waals surface area contributed by atoms with Gasteiger partial charge in [-0.25, -0.2) is 0 Å². The topological polar surface area (TPSA) is 32.3 Å². The first-order chi connectivity index (χ1) is 5.83. The van der Waals surface area contributed by atoms with E-state index in [0.717, 1.165) is 6.54 Å². The van der Waals surface area contributed by atoms with Crippen molar-refractivity contribution in [3.63, 3.8) is 0 Å². The monoisotopic (exact) mass is 175 g/mol. The normalized spacial score (nSPS) is 16.5. The summed E-state index contributed by atoms with van der Waals surface area (Å²) in [6.07, 6.45) is 2.40. The van der Waals surface area contributed by atoms with Crippen LogP contribution in [0.5, 0.6) is 0 Å². The summed E-state index contributed by atoms with van der Waals surface area (Å²) in [5.41, 5.74) is 0.286. The number of rotatable bonds is 3. The Bertz CT molecular complexity index is 79.9. The van der Waals surface area contributed by atoms with Crippen molar-refractivity contribution in [2.45, 2.75) is 40.5 Å². The molecule has 0 unspecified atom stereocenters. The van der Waals surface area contributed by atoms with Gasteiger partial charge >= 0.3 is 0 Å². The Balaban J connectivity index is 0. The van der Waals surface area contributed by atoms with Crippen molar-refractivity contribution in [3.05, 3.63) is 0 Å². The van der Waals surface area contributed by atoms with Gasteiger partial charge in [0.2, 0.25) is 0 Å². The van der Waals surface area contributed by atoms with Crippen LogP contribution in [0.25, 0.3) is 0 Å². The highest BCUT2D eigenvalue weighted by atomic mass is 16.3. The van der Waals surface area contributed by atoms with Crippen LogP contribution < -0.4 is 5.32 Å². The highest BCUT2D eigenvalue weighted by Crippen LogP contribution is 2.43. The van der Waals surface area contributed by atoms with Crippen molar-refractivity contribution >= 4 is 0 Å². The molecule has 2 N–H and O–H groups in total. The highest BCUT2D eigenvalue weighted by molar-refractivity contribution is 4.93. The molecule has 2 nitrogen and oxygen atoms in total. The van der Waals surface area contributed by atoms with Crippen molar-refractivity contribution in [1.29, 1.82) is 0 Å². The van der Waals surface area contributed by atoms with E-state index in [1.807, 2.05) is 34.7 Å². The number of hydrogen-bond acceptors (Lipinski definition) is 2. The zero-order valence-corrected chi connectivity index (χ0v) is 9.28. The number of aliphatic hydroxyl groups excluding tert-OH is 1. The molecule has 0 aromatic rings.